The molecule has 0 spiro atoms. The standard InChI is InChI=1S/C19H17F4N3O2S/c1-28-18(20,19(21,22)23)17(27)25-16-14(9-24)13-7-8-26(11-15(13)29-16)10-12-5-3-2-4-6-12/h2-6H,7-8,10-11H2,1H3,(H,25,27)/t18-/m0/s1. The number of hydrogen-bond acceptors (Lipinski definition) is 5. The van der Waals surface area contributed by atoms with Gasteiger partial charge in [0.1, 0.15) is 11.1 Å². The molecule has 0 fully saturated rings. The Bertz CT molecular complexity index is 939. The van der Waals surface area contributed by atoms with E-state index in [1.807, 2.05) is 41.7 Å². The molecule has 2 aromatic rings. The number of methoxy groups -OCH3 is 1. The summed E-state index contributed by atoms with van der Waals surface area (Å²) >= 11 is 0.981. The molecule has 0 radical (unpaired) electrons. The van der Waals surface area contributed by atoms with Gasteiger partial charge in [0.25, 0.3) is 0 Å². The summed E-state index contributed by atoms with van der Waals surface area (Å²) in [5.41, 5.74) is 1.85. The number of nitrogens with one attached hydrogen (secondary N) is 1. The molecule has 29 heavy (non-hydrogen) atoms. The van der Waals surface area contributed by atoms with Gasteiger partial charge in [-0.1, -0.05) is 30.3 Å². The maximum Gasteiger partial charge on any atom is 0.458 e. The molecule has 1 N–H and O–H groups in total. The summed E-state index contributed by atoms with van der Waals surface area (Å²) in [4.78, 5) is 14.8. The molecule has 154 valence electrons. The van der Waals surface area contributed by atoms with E-state index in [0.717, 1.165) is 21.8 Å². The molecule has 1 aromatic carbocycles. The van der Waals surface area contributed by atoms with Crippen LogP contribution in [-0.4, -0.2) is 36.5 Å². The summed E-state index contributed by atoms with van der Waals surface area (Å²) in [6.07, 6.45) is -5.05. The third-order valence-electron chi connectivity index (χ3n) is 4.66. The predicted octanol–water partition coefficient (Wildman–Crippen LogP) is 3.99. The first-order chi connectivity index (χ1) is 13.7. The van der Waals surface area contributed by atoms with E-state index in [0.29, 0.717) is 38.7 Å². The number of alkyl halides is 4. The molecule has 5 nitrogen and oxygen atoms in total. The van der Waals surface area contributed by atoms with Crippen LogP contribution < -0.4 is 5.32 Å². The van der Waals surface area contributed by atoms with Crippen molar-refractivity contribution in [3.8, 4) is 6.07 Å². The third kappa shape index (κ3) is 4.12. The molecule has 1 aromatic heterocycles. The number of rotatable bonds is 5. The van der Waals surface area contributed by atoms with Crippen LogP contribution >= 0.6 is 11.3 Å². The Hall–Kier alpha value is -2.48. The van der Waals surface area contributed by atoms with Crippen molar-refractivity contribution >= 4 is 22.2 Å². The van der Waals surface area contributed by atoms with Crippen molar-refractivity contribution < 1.29 is 27.1 Å². The van der Waals surface area contributed by atoms with Crippen LogP contribution in [0, 0.1) is 11.3 Å². The van der Waals surface area contributed by atoms with Gasteiger partial charge in [-0.15, -0.1) is 11.3 Å². The van der Waals surface area contributed by atoms with Gasteiger partial charge in [-0.2, -0.15) is 22.8 Å². The summed E-state index contributed by atoms with van der Waals surface area (Å²) in [6, 6.07) is 11.7. The Kier molecular flexibility index (Phi) is 5.93. The van der Waals surface area contributed by atoms with E-state index in [9.17, 15) is 27.6 Å². The van der Waals surface area contributed by atoms with E-state index >= 15 is 0 Å². The highest BCUT2D eigenvalue weighted by Crippen LogP contribution is 2.40. The van der Waals surface area contributed by atoms with Gasteiger partial charge in [-0.25, -0.2) is 0 Å². The summed E-state index contributed by atoms with van der Waals surface area (Å²) in [6.45, 7) is 1.80. The predicted molar refractivity (Wildman–Crippen MR) is 98.8 cm³/mol. The van der Waals surface area contributed by atoms with Crippen LogP contribution in [0.5, 0.6) is 0 Å². The number of ether oxygens (including phenoxy) is 1. The van der Waals surface area contributed by atoms with Crippen molar-refractivity contribution in [2.45, 2.75) is 31.5 Å². The lowest BCUT2D eigenvalue weighted by atomic mass is 10.0. The SMILES string of the molecule is CO[C@@](F)(C(=O)Nc1sc2c(c1C#N)CCN(Cc1ccccc1)C2)C(F)(F)F. The van der Waals surface area contributed by atoms with Gasteiger partial charge in [0.05, 0.1) is 5.56 Å². The van der Waals surface area contributed by atoms with Crippen molar-refractivity contribution in [1.82, 2.24) is 4.90 Å². The maximum absolute atomic E-state index is 14.1. The minimum Gasteiger partial charge on any atom is -0.335 e. The second-order valence-corrected chi connectivity index (χ2v) is 7.62. The fourth-order valence-corrected chi connectivity index (χ4v) is 4.40. The number of amides is 1. The van der Waals surface area contributed by atoms with Crippen molar-refractivity contribution in [3.63, 3.8) is 0 Å². The normalized spacial score (nSPS) is 16.6. The molecule has 2 heterocycles. The Balaban J connectivity index is 1.81. The topological polar surface area (TPSA) is 65.4 Å². The van der Waals surface area contributed by atoms with E-state index in [1.54, 1.807) is 0 Å². The lowest BCUT2D eigenvalue weighted by molar-refractivity contribution is -0.305. The molecule has 1 atom stereocenters. The molecule has 0 aliphatic carbocycles. The lowest BCUT2D eigenvalue weighted by Gasteiger charge is -2.26. The zero-order chi connectivity index (χ0) is 21.2. The van der Waals surface area contributed by atoms with Gasteiger partial charge in [-0.3, -0.25) is 9.69 Å². The molecule has 0 unspecified atom stereocenters. The zero-order valence-corrected chi connectivity index (χ0v) is 16.2. The highest BCUT2D eigenvalue weighted by Gasteiger charge is 2.63. The number of carbonyl (C=O) groups is 1. The van der Waals surface area contributed by atoms with E-state index in [1.165, 1.54) is 0 Å². The fourth-order valence-electron chi connectivity index (χ4n) is 3.16. The number of benzene rings is 1. The number of anilines is 1. The lowest BCUT2D eigenvalue weighted by Crippen LogP contribution is -2.52. The van der Waals surface area contributed by atoms with E-state index in [4.69, 9.17) is 0 Å². The van der Waals surface area contributed by atoms with Crippen molar-refractivity contribution in [1.29, 1.82) is 5.26 Å². The van der Waals surface area contributed by atoms with Crippen LogP contribution in [0.1, 0.15) is 21.6 Å². The number of hydrogen-bond donors (Lipinski definition) is 1. The van der Waals surface area contributed by atoms with Gasteiger partial charge in [0.2, 0.25) is 0 Å². The van der Waals surface area contributed by atoms with Crippen molar-refractivity contribution in [3.05, 3.63) is 51.9 Å². The van der Waals surface area contributed by atoms with Gasteiger partial charge < -0.3 is 10.1 Å². The molecular formula is C19H17F4N3O2S. The van der Waals surface area contributed by atoms with Gasteiger partial charge in [-0.05, 0) is 17.5 Å². The van der Waals surface area contributed by atoms with Crippen molar-refractivity contribution in [2.24, 2.45) is 0 Å². The number of thiophene rings is 1. The number of nitrogens with zero attached hydrogens (tertiary/aromatic N) is 2. The number of fused-ring (bicyclic) bond motifs is 1. The smallest absolute Gasteiger partial charge is 0.335 e. The molecule has 1 aliphatic heterocycles. The minimum atomic E-state index is -5.55. The van der Waals surface area contributed by atoms with E-state index in [-0.39, 0.29) is 10.6 Å². The van der Waals surface area contributed by atoms with Gasteiger partial charge >= 0.3 is 17.9 Å². The first-order valence-corrected chi connectivity index (χ1v) is 9.44. The van der Waals surface area contributed by atoms with Crippen LogP contribution in [0.3, 0.4) is 0 Å². The van der Waals surface area contributed by atoms with Crippen LogP contribution in [0.4, 0.5) is 22.6 Å². The molecular weight excluding hydrogens is 410 g/mol. The average molecular weight is 427 g/mol. The molecule has 1 aliphatic rings. The Morgan fingerprint density at radius 3 is 2.59 bits per heavy atom. The summed E-state index contributed by atoms with van der Waals surface area (Å²) in [5.74, 6) is -6.51. The largest absolute Gasteiger partial charge is 0.458 e. The Labute approximate surface area is 168 Å². The second kappa shape index (κ2) is 8.10. The molecule has 10 heteroatoms. The molecule has 0 saturated heterocycles. The first-order valence-electron chi connectivity index (χ1n) is 8.62. The van der Waals surface area contributed by atoms with Crippen LogP contribution in [-0.2, 0) is 29.0 Å². The van der Waals surface area contributed by atoms with E-state index < -0.39 is 17.9 Å². The highest BCUT2D eigenvalue weighted by atomic mass is 32.1. The second-order valence-electron chi connectivity index (χ2n) is 6.52. The van der Waals surface area contributed by atoms with Crippen molar-refractivity contribution in [2.75, 3.05) is 19.0 Å². The summed E-state index contributed by atoms with van der Waals surface area (Å²) in [5, 5.41) is 11.2. The van der Waals surface area contributed by atoms with Crippen LogP contribution in [0.2, 0.25) is 0 Å². The Morgan fingerprint density at radius 1 is 1.31 bits per heavy atom. The highest BCUT2D eigenvalue weighted by molar-refractivity contribution is 7.16. The fraction of sp³-hybridized carbons (Fsp3) is 0.368. The van der Waals surface area contributed by atoms with Crippen LogP contribution in [0.25, 0.3) is 0 Å². The molecule has 0 bridgehead atoms. The first kappa shape index (κ1) is 21.2. The number of carbonyl (C=O) groups excluding carboxylic acids is 1. The quantitative estimate of drug-likeness (QED) is 0.733. The minimum absolute atomic E-state index is 0.0679. The van der Waals surface area contributed by atoms with E-state index in [2.05, 4.69) is 9.64 Å². The summed E-state index contributed by atoms with van der Waals surface area (Å²) in [7, 11) is 0.458. The van der Waals surface area contributed by atoms with Gasteiger partial charge in [0.15, 0.2) is 0 Å². The molecule has 0 saturated carbocycles. The number of nitriles is 1. The third-order valence-corrected chi connectivity index (χ3v) is 5.79. The average Bonchev–Trinajstić information content (AvgIpc) is 3.03. The summed E-state index contributed by atoms with van der Waals surface area (Å²) < 4.78 is 56.6. The zero-order valence-electron chi connectivity index (χ0n) is 15.3. The van der Waals surface area contributed by atoms with Gasteiger partial charge in [0, 0.05) is 31.6 Å². The molecule has 1 amide bonds. The Morgan fingerprint density at radius 2 is 2.00 bits per heavy atom. The monoisotopic (exact) mass is 427 g/mol. The maximum atomic E-state index is 14.1. The number of halogens is 4. The molecule has 3 rings (SSSR count). The van der Waals surface area contributed by atoms with Crippen LogP contribution in [0.15, 0.2) is 30.3 Å².